The lowest BCUT2D eigenvalue weighted by Gasteiger charge is -2.11. The number of hydrogen-bond donors (Lipinski definition) is 1. The SMILES string of the molecule is CCOC(=O)c1ccc(N)c(Oc2ccc(C)c(C)c2)c1. The molecule has 0 amide bonds. The molecule has 2 aromatic rings. The summed E-state index contributed by atoms with van der Waals surface area (Å²) in [7, 11) is 0. The van der Waals surface area contributed by atoms with Crippen molar-refractivity contribution in [2.45, 2.75) is 20.8 Å². The lowest BCUT2D eigenvalue weighted by Crippen LogP contribution is -2.05. The highest BCUT2D eigenvalue weighted by Crippen LogP contribution is 2.29. The minimum Gasteiger partial charge on any atom is -0.462 e. The first-order chi connectivity index (χ1) is 10.0. The van der Waals surface area contributed by atoms with Gasteiger partial charge in [-0.1, -0.05) is 6.07 Å². The number of aryl methyl sites for hydroxylation is 2. The summed E-state index contributed by atoms with van der Waals surface area (Å²) in [6.45, 7) is 6.15. The van der Waals surface area contributed by atoms with E-state index < -0.39 is 0 Å². The maximum atomic E-state index is 11.7. The molecule has 0 aliphatic rings. The van der Waals surface area contributed by atoms with E-state index in [-0.39, 0.29) is 5.97 Å². The highest BCUT2D eigenvalue weighted by molar-refractivity contribution is 5.90. The Hall–Kier alpha value is -2.49. The van der Waals surface area contributed by atoms with Crippen molar-refractivity contribution in [2.75, 3.05) is 12.3 Å². The summed E-state index contributed by atoms with van der Waals surface area (Å²) in [5, 5.41) is 0. The highest BCUT2D eigenvalue weighted by atomic mass is 16.5. The van der Waals surface area contributed by atoms with Gasteiger partial charge in [-0.2, -0.15) is 0 Å². The molecule has 0 fully saturated rings. The van der Waals surface area contributed by atoms with Crippen molar-refractivity contribution < 1.29 is 14.3 Å². The number of hydrogen-bond acceptors (Lipinski definition) is 4. The molecule has 2 aromatic carbocycles. The molecule has 4 heteroatoms. The average Bonchev–Trinajstić information content (AvgIpc) is 2.45. The number of nitrogen functional groups attached to an aromatic ring is 1. The van der Waals surface area contributed by atoms with Gasteiger partial charge in [0, 0.05) is 0 Å². The van der Waals surface area contributed by atoms with Crippen molar-refractivity contribution in [3.63, 3.8) is 0 Å². The van der Waals surface area contributed by atoms with Crippen LogP contribution >= 0.6 is 0 Å². The highest BCUT2D eigenvalue weighted by Gasteiger charge is 2.11. The van der Waals surface area contributed by atoms with E-state index >= 15 is 0 Å². The number of nitrogens with two attached hydrogens (primary N) is 1. The zero-order valence-corrected chi connectivity index (χ0v) is 12.5. The third-order valence-electron chi connectivity index (χ3n) is 3.23. The predicted octanol–water partition coefficient (Wildman–Crippen LogP) is 3.85. The molecule has 0 spiro atoms. The summed E-state index contributed by atoms with van der Waals surface area (Å²) in [5.74, 6) is 0.747. The number of anilines is 1. The first-order valence-electron chi connectivity index (χ1n) is 6.83. The molecule has 2 N–H and O–H groups in total. The van der Waals surface area contributed by atoms with Gasteiger partial charge in [-0.05, 0) is 62.2 Å². The normalized spacial score (nSPS) is 10.2. The van der Waals surface area contributed by atoms with E-state index in [1.165, 1.54) is 5.56 Å². The van der Waals surface area contributed by atoms with Crippen LogP contribution in [0.25, 0.3) is 0 Å². The van der Waals surface area contributed by atoms with Crippen LogP contribution in [0.4, 0.5) is 5.69 Å². The van der Waals surface area contributed by atoms with Crippen molar-refractivity contribution in [2.24, 2.45) is 0 Å². The summed E-state index contributed by atoms with van der Waals surface area (Å²) in [6.07, 6.45) is 0. The number of ether oxygens (including phenoxy) is 2. The van der Waals surface area contributed by atoms with Crippen LogP contribution in [0.15, 0.2) is 36.4 Å². The first kappa shape index (κ1) is 14.9. The quantitative estimate of drug-likeness (QED) is 0.684. The van der Waals surface area contributed by atoms with Gasteiger partial charge in [-0.15, -0.1) is 0 Å². The second-order valence-electron chi connectivity index (χ2n) is 4.82. The van der Waals surface area contributed by atoms with Crippen LogP contribution in [0, 0.1) is 13.8 Å². The van der Waals surface area contributed by atoms with Crippen molar-refractivity contribution in [3.05, 3.63) is 53.1 Å². The fraction of sp³-hybridized carbons (Fsp3) is 0.235. The van der Waals surface area contributed by atoms with E-state index in [9.17, 15) is 4.79 Å². The van der Waals surface area contributed by atoms with Crippen LogP contribution in [0.3, 0.4) is 0 Å². The minimum atomic E-state index is -0.387. The van der Waals surface area contributed by atoms with Gasteiger partial charge >= 0.3 is 5.97 Å². The molecule has 0 radical (unpaired) electrons. The Bertz CT molecular complexity index is 665. The monoisotopic (exact) mass is 285 g/mol. The standard InChI is InChI=1S/C17H19NO3/c1-4-20-17(19)13-6-8-15(18)16(10-13)21-14-7-5-11(2)12(3)9-14/h5-10H,4,18H2,1-3H3. The molecule has 2 rings (SSSR count). The second-order valence-corrected chi connectivity index (χ2v) is 4.82. The van der Waals surface area contributed by atoms with Gasteiger partial charge in [0.1, 0.15) is 5.75 Å². The summed E-state index contributed by atoms with van der Waals surface area (Å²) < 4.78 is 10.8. The van der Waals surface area contributed by atoms with Crippen molar-refractivity contribution in [1.82, 2.24) is 0 Å². The van der Waals surface area contributed by atoms with Crippen LogP contribution < -0.4 is 10.5 Å². The number of carbonyl (C=O) groups excluding carboxylic acids is 1. The molecule has 0 bridgehead atoms. The van der Waals surface area contributed by atoms with Gasteiger partial charge in [-0.3, -0.25) is 0 Å². The van der Waals surface area contributed by atoms with Crippen LogP contribution in [0.2, 0.25) is 0 Å². The van der Waals surface area contributed by atoms with Gasteiger partial charge in [0.25, 0.3) is 0 Å². The van der Waals surface area contributed by atoms with Gasteiger partial charge in [0.15, 0.2) is 5.75 Å². The largest absolute Gasteiger partial charge is 0.462 e. The molecular weight excluding hydrogens is 266 g/mol. The van der Waals surface area contributed by atoms with Gasteiger partial charge in [-0.25, -0.2) is 4.79 Å². The summed E-state index contributed by atoms with van der Waals surface area (Å²) in [4.78, 5) is 11.7. The fourth-order valence-corrected chi connectivity index (χ4v) is 1.87. The van der Waals surface area contributed by atoms with Crippen molar-refractivity contribution in [3.8, 4) is 11.5 Å². The lowest BCUT2D eigenvalue weighted by molar-refractivity contribution is 0.0526. The number of benzene rings is 2. The molecule has 110 valence electrons. The Morgan fingerprint density at radius 1 is 1.10 bits per heavy atom. The zero-order chi connectivity index (χ0) is 15.4. The number of rotatable bonds is 4. The molecule has 4 nitrogen and oxygen atoms in total. The first-order valence-corrected chi connectivity index (χ1v) is 6.83. The Balaban J connectivity index is 2.28. The molecular formula is C17H19NO3. The van der Waals surface area contributed by atoms with Gasteiger partial charge in [0.05, 0.1) is 17.9 Å². The summed E-state index contributed by atoms with van der Waals surface area (Å²) in [5.41, 5.74) is 9.12. The second kappa shape index (κ2) is 6.31. The average molecular weight is 285 g/mol. The van der Waals surface area contributed by atoms with E-state index in [4.69, 9.17) is 15.2 Å². The topological polar surface area (TPSA) is 61.5 Å². The zero-order valence-electron chi connectivity index (χ0n) is 12.5. The Morgan fingerprint density at radius 3 is 2.52 bits per heavy atom. The molecule has 0 aliphatic heterocycles. The Kier molecular flexibility index (Phi) is 4.48. The minimum absolute atomic E-state index is 0.330. The van der Waals surface area contributed by atoms with Crippen LogP contribution in [-0.2, 0) is 4.74 Å². The van der Waals surface area contributed by atoms with E-state index in [1.807, 2.05) is 32.0 Å². The summed E-state index contributed by atoms with van der Waals surface area (Å²) >= 11 is 0. The maximum Gasteiger partial charge on any atom is 0.338 e. The Morgan fingerprint density at radius 2 is 1.86 bits per heavy atom. The molecule has 0 aliphatic carbocycles. The molecule has 0 saturated carbocycles. The van der Waals surface area contributed by atoms with Gasteiger partial charge in [0.2, 0.25) is 0 Å². The number of esters is 1. The van der Waals surface area contributed by atoms with E-state index in [1.54, 1.807) is 25.1 Å². The van der Waals surface area contributed by atoms with E-state index in [0.29, 0.717) is 29.4 Å². The van der Waals surface area contributed by atoms with Crippen molar-refractivity contribution in [1.29, 1.82) is 0 Å². The molecule has 0 atom stereocenters. The van der Waals surface area contributed by atoms with Gasteiger partial charge < -0.3 is 15.2 Å². The third kappa shape index (κ3) is 3.54. The molecule has 21 heavy (non-hydrogen) atoms. The van der Waals surface area contributed by atoms with E-state index in [2.05, 4.69) is 0 Å². The molecule has 0 aromatic heterocycles. The summed E-state index contributed by atoms with van der Waals surface area (Å²) in [6, 6.07) is 10.7. The number of carbonyl (C=O) groups is 1. The third-order valence-corrected chi connectivity index (χ3v) is 3.23. The van der Waals surface area contributed by atoms with Crippen LogP contribution in [-0.4, -0.2) is 12.6 Å². The smallest absolute Gasteiger partial charge is 0.338 e. The lowest BCUT2D eigenvalue weighted by atomic mass is 10.1. The van der Waals surface area contributed by atoms with Crippen molar-refractivity contribution >= 4 is 11.7 Å². The molecule has 0 unspecified atom stereocenters. The molecule has 0 saturated heterocycles. The van der Waals surface area contributed by atoms with E-state index in [0.717, 1.165) is 5.56 Å². The predicted molar refractivity (Wildman–Crippen MR) is 82.8 cm³/mol. The maximum absolute atomic E-state index is 11.7. The Labute approximate surface area is 124 Å². The van der Waals surface area contributed by atoms with Crippen LogP contribution in [0.1, 0.15) is 28.4 Å². The molecule has 0 heterocycles. The fourth-order valence-electron chi connectivity index (χ4n) is 1.87. The van der Waals surface area contributed by atoms with Crippen LogP contribution in [0.5, 0.6) is 11.5 Å².